The Kier molecular flexibility index (Phi) is 5.29. The van der Waals surface area contributed by atoms with Crippen molar-refractivity contribution in [1.29, 1.82) is 0 Å². The minimum absolute atomic E-state index is 0.305. The molecule has 1 N–H and O–H groups in total. The highest BCUT2D eigenvalue weighted by molar-refractivity contribution is 6.62. The normalized spacial score (nSPS) is 15.3. The van der Waals surface area contributed by atoms with Crippen molar-refractivity contribution < 1.29 is 9.63 Å². The van der Waals surface area contributed by atoms with Crippen LogP contribution in [0, 0.1) is 0 Å². The molecule has 0 amide bonds. The Morgan fingerprint density at radius 3 is 2.60 bits per heavy atom. The molecule has 0 spiro atoms. The molecular formula is C9H10Cl3NO2. The molecule has 0 aromatic heterocycles. The van der Waals surface area contributed by atoms with Gasteiger partial charge in [-0.2, -0.15) is 0 Å². The molecule has 3 nitrogen and oxygen atoms in total. The third kappa shape index (κ3) is 4.33. The van der Waals surface area contributed by atoms with E-state index < -0.39 is 5.97 Å². The second-order valence-electron chi connectivity index (χ2n) is 3.04. The number of halogens is 3. The van der Waals surface area contributed by atoms with Crippen LogP contribution in [0.15, 0.2) is 21.3 Å². The molecule has 0 radical (unpaired) electrons. The fraction of sp³-hybridized carbons (Fsp3) is 0.444. The summed E-state index contributed by atoms with van der Waals surface area (Å²) in [5.74, 6) is -0.789. The number of hydrogen-bond acceptors (Lipinski definition) is 3. The monoisotopic (exact) mass is 269 g/mol. The van der Waals surface area contributed by atoms with Crippen molar-refractivity contribution in [2.24, 2.45) is 0 Å². The van der Waals surface area contributed by atoms with E-state index in [0.29, 0.717) is 0 Å². The van der Waals surface area contributed by atoms with E-state index in [1.54, 1.807) is 0 Å². The molecule has 84 valence electrons. The maximum atomic E-state index is 11.2. The van der Waals surface area contributed by atoms with E-state index in [1.165, 1.54) is 0 Å². The van der Waals surface area contributed by atoms with Gasteiger partial charge in [0.2, 0.25) is 0 Å². The zero-order valence-corrected chi connectivity index (χ0v) is 10.1. The number of hydrogen-bond donors (Lipinski definition) is 1. The lowest BCUT2D eigenvalue weighted by molar-refractivity contribution is -0.144. The Bertz CT molecular complexity index is 308. The molecule has 0 atom stereocenters. The first-order valence-electron chi connectivity index (χ1n) is 4.48. The van der Waals surface area contributed by atoms with Gasteiger partial charge in [0.25, 0.3) is 0 Å². The molecule has 0 saturated heterocycles. The topological polar surface area (TPSA) is 38.3 Å². The zero-order valence-electron chi connectivity index (χ0n) is 7.86. The van der Waals surface area contributed by atoms with Gasteiger partial charge in [-0.1, -0.05) is 40.9 Å². The van der Waals surface area contributed by atoms with Crippen molar-refractivity contribution in [2.45, 2.75) is 25.7 Å². The van der Waals surface area contributed by atoms with Crippen molar-refractivity contribution in [3.05, 3.63) is 21.3 Å². The summed E-state index contributed by atoms with van der Waals surface area (Å²) in [7, 11) is 0. The molecule has 0 bridgehead atoms. The van der Waals surface area contributed by atoms with E-state index in [1.807, 2.05) is 6.08 Å². The molecule has 0 heterocycles. The van der Waals surface area contributed by atoms with Crippen molar-refractivity contribution in [3.63, 3.8) is 0 Å². The van der Waals surface area contributed by atoms with E-state index in [9.17, 15) is 4.79 Å². The van der Waals surface area contributed by atoms with Crippen LogP contribution in [-0.2, 0) is 9.63 Å². The second-order valence-corrected chi connectivity index (χ2v) is 4.37. The average molecular weight is 271 g/mol. The molecule has 6 heteroatoms. The first-order chi connectivity index (χ1) is 7.11. The van der Waals surface area contributed by atoms with Gasteiger partial charge in [0.1, 0.15) is 4.49 Å². The molecule has 1 rings (SSSR count). The first kappa shape index (κ1) is 12.7. The van der Waals surface area contributed by atoms with Crippen molar-refractivity contribution in [1.82, 2.24) is 5.48 Å². The summed E-state index contributed by atoms with van der Waals surface area (Å²) < 4.78 is -0.305. The molecular weight excluding hydrogens is 260 g/mol. The van der Waals surface area contributed by atoms with E-state index in [-0.39, 0.29) is 9.52 Å². The third-order valence-electron chi connectivity index (χ3n) is 1.91. The van der Waals surface area contributed by atoms with Gasteiger partial charge < -0.3 is 4.84 Å². The van der Waals surface area contributed by atoms with Crippen LogP contribution in [0.4, 0.5) is 0 Å². The minimum atomic E-state index is -0.789. The van der Waals surface area contributed by atoms with Gasteiger partial charge in [-0.05, 0) is 25.7 Å². The highest BCUT2D eigenvalue weighted by Gasteiger charge is 2.13. The van der Waals surface area contributed by atoms with Crippen LogP contribution >= 0.6 is 34.8 Å². The SMILES string of the molecule is O=C(ONC1=CCCCC1)C(Cl)=C(Cl)Cl. The number of nitrogens with one attached hydrogen (secondary N) is 1. The lowest BCUT2D eigenvalue weighted by Crippen LogP contribution is -2.20. The fourth-order valence-electron chi connectivity index (χ4n) is 1.16. The second kappa shape index (κ2) is 6.26. The van der Waals surface area contributed by atoms with Gasteiger partial charge in [-0.25, -0.2) is 10.3 Å². The largest absolute Gasteiger partial charge is 0.376 e. The Hall–Kier alpha value is -0.380. The Balaban J connectivity index is 2.40. The highest BCUT2D eigenvalue weighted by Crippen LogP contribution is 2.19. The summed E-state index contributed by atoms with van der Waals surface area (Å²) in [6.45, 7) is 0. The van der Waals surface area contributed by atoms with Gasteiger partial charge in [0, 0.05) is 5.70 Å². The first-order valence-corrected chi connectivity index (χ1v) is 5.61. The van der Waals surface area contributed by atoms with E-state index >= 15 is 0 Å². The molecule has 0 aromatic carbocycles. The summed E-state index contributed by atoms with van der Waals surface area (Å²) in [4.78, 5) is 15.8. The van der Waals surface area contributed by atoms with Crippen molar-refractivity contribution in [3.8, 4) is 0 Å². The maximum Gasteiger partial charge on any atom is 0.376 e. The Labute approximate surface area is 103 Å². The van der Waals surface area contributed by atoms with Gasteiger partial charge in [-0.3, -0.25) is 0 Å². The van der Waals surface area contributed by atoms with Crippen LogP contribution in [0.25, 0.3) is 0 Å². The lowest BCUT2D eigenvalue weighted by atomic mass is 10.1. The number of carbonyl (C=O) groups excluding carboxylic acids is 1. The molecule has 0 fully saturated rings. The highest BCUT2D eigenvalue weighted by atomic mass is 35.5. The summed E-state index contributed by atoms with van der Waals surface area (Å²) >= 11 is 16.1. The summed E-state index contributed by atoms with van der Waals surface area (Å²) in [5, 5.41) is -0.331. The smallest absolute Gasteiger partial charge is 0.337 e. The number of carbonyl (C=O) groups is 1. The molecule has 0 aliphatic heterocycles. The standard InChI is InChI=1S/C9H10Cl3NO2/c10-7(8(11)12)9(14)15-13-6-4-2-1-3-5-6/h4,13H,1-3,5H2. The average Bonchev–Trinajstić information content (AvgIpc) is 2.26. The lowest BCUT2D eigenvalue weighted by Gasteiger charge is -2.13. The van der Waals surface area contributed by atoms with Crippen molar-refractivity contribution >= 4 is 40.8 Å². The van der Waals surface area contributed by atoms with Crippen LogP contribution in [0.1, 0.15) is 25.7 Å². The van der Waals surface area contributed by atoms with Crippen LogP contribution in [0.2, 0.25) is 0 Å². The van der Waals surface area contributed by atoms with Crippen molar-refractivity contribution in [2.75, 3.05) is 0 Å². The van der Waals surface area contributed by atoms with Gasteiger partial charge in [0.05, 0.1) is 0 Å². The molecule has 1 aliphatic rings. The van der Waals surface area contributed by atoms with E-state index in [4.69, 9.17) is 34.8 Å². The van der Waals surface area contributed by atoms with Crippen LogP contribution in [-0.4, -0.2) is 5.97 Å². The minimum Gasteiger partial charge on any atom is -0.337 e. The number of allylic oxidation sites excluding steroid dienone is 2. The number of hydroxylamine groups is 1. The van der Waals surface area contributed by atoms with Crippen LogP contribution < -0.4 is 5.48 Å². The predicted octanol–water partition coefficient (Wildman–Crippen LogP) is 3.38. The summed E-state index contributed by atoms with van der Waals surface area (Å²) in [6.07, 6.45) is 6.07. The van der Waals surface area contributed by atoms with Gasteiger partial charge in [-0.15, -0.1) is 0 Å². The predicted molar refractivity (Wildman–Crippen MR) is 60.4 cm³/mol. The Morgan fingerprint density at radius 1 is 1.33 bits per heavy atom. The molecule has 0 saturated carbocycles. The quantitative estimate of drug-likeness (QED) is 0.631. The third-order valence-corrected chi connectivity index (χ3v) is 2.83. The van der Waals surface area contributed by atoms with Gasteiger partial charge in [0.15, 0.2) is 5.03 Å². The van der Waals surface area contributed by atoms with E-state index in [2.05, 4.69) is 10.3 Å². The molecule has 15 heavy (non-hydrogen) atoms. The summed E-state index contributed by atoms with van der Waals surface area (Å²) in [5.41, 5.74) is 3.41. The Morgan fingerprint density at radius 2 is 2.07 bits per heavy atom. The maximum absolute atomic E-state index is 11.2. The molecule has 0 aromatic rings. The van der Waals surface area contributed by atoms with Gasteiger partial charge >= 0.3 is 5.97 Å². The van der Waals surface area contributed by atoms with Crippen LogP contribution in [0.5, 0.6) is 0 Å². The number of rotatable bonds is 3. The molecule has 0 unspecified atom stereocenters. The fourth-order valence-corrected chi connectivity index (χ4v) is 1.36. The van der Waals surface area contributed by atoms with Crippen LogP contribution in [0.3, 0.4) is 0 Å². The zero-order chi connectivity index (χ0) is 11.3. The van der Waals surface area contributed by atoms with E-state index in [0.717, 1.165) is 31.4 Å². The summed E-state index contributed by atoms with van der Waals surface area (Å²) in [6, 6.07) is 0. The molecule has 1 aliphatic carbocycles.